The first kappa shape index (κ1) is 11.3. The largest absolute Gasteiger partial charge is 0.481 e. The summed E-state index contributed by atoms with van der Waals surface area (Å²) in [4.78, 5) is 15.0. The summed E-state index contributed by atoms with van der Waals surface area (Å²) < 4.78 is 0. The lowest BCUT2D eigenvalue weighted by atomic mass is 10.1. The van der Waals surface area contributed by atoms with E-state index >= 15 is 0 Å². The second-order valence-electron chi connectivity index (χ2n) is 3.92. The third-order valence-corrected chi connectivity index (χ3v) is 2.67. The van der Waals surface area contributed by atoms with Gasteiger partial charge in [0.05, 0.1) is 0 Å². The highest BCUT2D eigenvalue weighted by Crippen LogP contribution is 2.20. The van der Waals surface area contributed by atoms with Crippen LogP contribution in [0.5, 0.6) is 0 Å². The fraction of sp³-hybridized carbons (Fsp3) is 0.250. The standard InChI is InChI=1S/C12H13N3O2/c1-7-5-3-4-6-9(7)11-13-10(14-15-11)8(2)12(16)17/h3-6,8H,1-2H3,(H,16,17)(H,13,14,15). The van der Waals surface area contributed by atoms with Crippen LogP contribution in [0.3, 0.4) is 0 Å². The first-order valence-electron chi connectivity index (χ1n) is 5.30. The molecule has 2 rings (SSSR count). The fourth-order valence-corrected chi connectivity index (χ4v) is 1.53. The van der Waals surface area contributed by atoms with E-state index in [9.17, 15) is 4.79 Å². The van der Waals surface area contributed by atoms with E-state index in [0.717, 1.165) is 11.1 Å². The lowest BCUT2D eigenvalue weighted by Gasteiger charge is -2.00. The van der Waals surface area contributed by atoms with E-state index in [4.69, 9.17) is 5.11 Å². The zero-order chi connectivity index (χ0) is 12.4. The van der Waals surface area contributed by atoms with Gasteiger partial charge in [-0.05, 0) is 19.4 Å². The van der Waals surface area contributed by atoms with E-state index in [1.807, 2.05) is 31.2 Å². The fourth-order valence-electron chi connectivity index (χ4n) is 1.53. The Morgan fingerprint density at radius 2 is 2.12 bits per heavy atom. The average molecular weight is 231 g/mol. The van der Waals surface area contributed by atoms with Crippen LogP contribution in [0.25, 0.3) is 11.4 Å². The predicted octanol–water partition coefficient (Wildman–Crippen LogP) is 1.97. The van der Waals surface area contributed by atoms with Gasteiger partial charge >= 0.3 is 5.97 Å². The molecule has 0 spiro atoms. The molecule has 2 N–H and O–H groups in total. The van der Waals surface area contributed by atoms with Crippen LogP contribution in [-0.2, 0) is 4.79 Å². The number of hydrogen-bond acceptors (Lipinski definition) is 3. The van der Waals surface area contributed by atoms with Gasteiger partial charge in [-0.2, -0.15) is 5.10 Å². The van der Waals surface area contributed by atoms with Crippen molar-refractivity contribution in [2.75, 3.05) is 0 Å². The number of benzene rings is 1. The molecule has 0 fully saturated rings. The summed E-state index contributed by atoms with van der Waals surface area (Å²) in [5.41, 5.74) is 1.97. The molecule has 1 unspecified atom stereocenters. The number of H-pyrrole nitrogens is 1. The zero-order valence-electron chi connectivity index (χ0n) is 9.64. The molecule has 88 valence electrons. The SMILES string of the molecule is Cc1ccccc1-c1n[nH]c(C(C)C(=O)O)n1. The number of carbonyl (C=O) groups is 1. The Balaban J connectivity index is 2.37. The number of aromatic amines is 1. The highest BCUT2D eigenvalue weighted by atomic mass is 16.4. The molecule has 0 amide bonds. The molecule has 0 radical (unpaired) electrons. The maximum absolute atomic E-state index is 10.8. The van der Waals surface area contributed by atoms with Crippen molar-refractivity contribution < 1.29 is 9.90 Å². The lowest BCUT2D eigenvalue weighted by molar-refractivity contribution is -0.138. The summed E-state index contributed by atoms with van der Waals surface area (Å²) in [5.74, 6) is -0.695. The Hall–Kier alpha value is -2.17. The Bertz CT molecular complexity index is 548. The normalized spacial score (nSPS) is 12.4. The van der Waals surface area contributed by atoms with Crippen LogP contribution in [0.1, 0.15) is 24.2 Å². The molecule has 0 aliphatic heterocycles. The van der Waals surface area contributed by atoms with Gasteiger partial charge in [-0.1, -0.05) is 24.3 Å². The number of aromatic nitrogens is 3. The minimum atomic E-state index is -0.919. The Morgan fingerprint density at radius 1 is 1.41 bits per heavy atom. The number of hydrogen-bond donors (Lipinski definition) is 2. The topological polar surface area (TPSA) is 78.9 Å². The van der Waals surface area contributed by atoms with Crippen LogP contribution in [0, 0.1) is 6.92 Å². The first-order valence-corrected chi connectivity index (χ1v) is 5.30. The third kappa shape index (κ3) is 2.18. The summed E-state index contributed by atoms with van der Waals surface area (Å²) in [6.45, 7) is 3.54. The third-order valence-electron chi connectivity index (χ3n) is 2.67. The van der Waals surface area contributed by atoms with Crippen LogP contribution < -0.4 is 0 Å². The summed E-state index contributed by atoms with van der Waals surface area (Å²) in [6, 6.07) is 7.71. The molecule has 0 saturated carbocycles. The number of rotatable bonds is 3. The number of carboxylic acids is 1. The van der Waals surface area contributed by atoms with Crippen LogP contribution in [0.15, 0.2) is 24.3 Å². The maximum Gasteiger partial charge on any atom is 0.313 e. The lowest BCUT2D eigenvalue weighted by Crippen LogP contribution is -2.09. The molecule has 2 aromatic rings. The highest BCUT2D eigenvalue weighted by molar-refractivity contribution is 5.74. The van der Waals surface area contributed by atoms with Gasteiger partial charge in [0.25, 0.3) is 0 Å². The van der Waals surface area contributed by atoms with E-state index < -0.39 is 11.9 Å². The van der Waals surface area contributed by atoms with Crippen LogP contribution >= 0.6 is 0 Å². The molecular formula is C12H13N3O2. The molecule has 5 nitrogen and oxygen atoms in total. The van der Waals surface area contributed by atoms with Gasteiger partial charge in [-0.3, -0.25) is 9.89 Å². The van der Waals surface area contributed by atoms with Crippen LogP contribution in [-0.4, -0.2) is 26.3 Å². The Labute approximate surface area is 98.5 Å². The summed E-state index contributed by atoms with van der Waals surface area (Å²) >= 11 is 0. The molecular weight excluding hydrogens is 218 g/mol. The highest BCUT2D eigenvalue weighted by Gasteiger charge is 2.18. The maximum atomic E-state index is 10.8. The second-order valence-corrected chi connectivity index (χ2v) is 3.92. The molecule has 0 aliphatic carbocycles. The minimum absolute atomic E-state index is 0.371. The number of nitrogens with one attached hydrogen (secondary N) is 1. The van der Waals surface area contributed by atoms with Crippen molar-refractivity contribution in [3.05, 3.63) is 35.7 Å². The number of aliphatic carboxylic acids is 1. The average Bonchev–Trinajstić information content (AvgIpc) is 2.77. The monoisotopic (exact) mass is 231 g/mol. The molecule has 0 saturated heterocycles. The zero-order valence-corrected chi connectivity index (χ0v) is 9.64. The summed E-state index contributed by atoms with van der Waals surface area (Å²) in [7, 11) is 0. The Morgan fingerprint density at radius 3 is 2.76 bits per heavy atom. The van der Waals surface area contributed by atoms with Crippen molar-refractivity contribution in [3.63, 3.8) is 0 Å². The van der Waals surface area contributed by atoms with E-state index in [-0.39, 0.29) is 0 Å². The quantitative estimate of drug-likeness (QED) is 0.846. The van der Waals surface area contributed by atoms with Crippen molar-refractivity contribution in [2.24, 2.45) is 0 Å². The van der Waals surface area contributed by atoms with E-state index in [0.29, 0.717) is 11.6 Å². The van der Waals surface area contributed by atoms with E-state index in [2.05, 4.69) is 15.2 Å². The van der Waals surface area contributed by atoms with Crippen LogP contribution in [0.4, 0.5) is 0 Å². The number of nitrogens with zero attached hydrogens (tertiary/aromatic N) is 2. The van der Waals surface area contributed by atoms with Crippen molar-refractivity contribution >= 4 is 5.97 Å². The second kappa shape index (κ2) is 4.37. The van der Waals surface area contributed by atoms with Crippen LogP contribution in [0.2, 0.25) is 0 Å². The summed E-state index contributed by atoms with van der Waals surface area (Å²) in [6.07, 6.45) is 0. The smallest absolute Gasteiger partial charge is 0.313 e. The molecule has 1 heterocycles. The van der Waals surface area contributed by atoms with Crippen molar-refractivity contribution in [1.82, 2.24) is 15.2 Å². The van der Waals surface area contributed by atoms with Gasteiger partial charge in [0, 0.05) is 5.56 Å². The van der Waals surface area contributed by atoms with Crippen molar-refractivity contribution in [1.29, 1.82) is 0 Å². The van der Waals surface area contributed by atoms with E-state index in [1.54, 1.807) is 6.92 Å². The van der Waals surface area contributed by atoms with Gasteiger partial charge in [0.15, 0.2) is 5.82 Å². The molecule has 17 heavy (non-hydrogen) atoms. The van der Waals surface area contributed by atoms with E-state index in [1.165, 1.54) is 0 Å². The minimum Gasteiger partial charge on any atom is -0.481 e. The molecule has 0 bridgehead atoms. The van der Waals surface area contributed by atoms with Gasteiger partial charge in [-0.15, -0.1) is 0 Å². The van der Waals surface area contributed by atoms with Crippen molar-refractivity contribution in [3.8, 4) is 11.4 Å². The van der Waals surface area contributed by atoms with Gasteiger partial charge < -0.3 is 5.11 Å². The number of aryl methyl sites for hydroxylation is 1. The predicted molar refractivity (Wildman–Crippen MR) is 62.6 cm³/mol. The molecule has 0 aliphatic rings. The van der Waals surface area contributed by atoms with Crippen molar-refractivity contribution in [2.45, 2.75) is 19.8 Å². The summed E-state index contributed by atoms with van der Waals surface area (Å²) in [5, 5.41) is 15.6. The van der Waals surface area contributed by atoms with Gasteiger partial charge in [0.2, 0.25) is 0 Å². The van der Waals surface area contributed by atoms with Gasteiger partial charge in [0.1, 0.15) is 11.7 Å². The number of carboxylic acid groups (broad SMARTS) is 1. The molecule has 1 atom stereocenters. The van der Waals surface area contributed by atoms with Gasteiger partial charge in [-0.25, -0.2) is 4.98 Å². The molecule has 1 aromatic carbocycles. The Kier molecular flexibility index (Phi) is 2.91. The first-order chi connectivity index (χ1) is 8.09. The molecule has 1 aromatic heterocycles. The molecule has 5 heteroatoms.